The first kappa shape index (κ1) is 15.5. The maximum atomic E-state index is 6.09. The third-order valence-corrected chi connectivity index (χ3v) is 8.33. The lowest BCUT2D eigenvalue weighted by Crippen LogP contribution is -2.19. The summed E-state index contributed by atoms with van der Waals surface area (Å²) < 4.78 is 18.2. The Morgan fingerprint density at radius 1 is 0.920 bits per heavy atom. The Balaban J connectivity index is 1.79. The van der Waals surface area contributed by atoms with Gasteiger partial charge in [0.25, 0.3) is 0 Å². The zero-order valence-corrected chi connectivity index (χ0v) is 15.9. The Morgan fingerprint density at radius 3 is 2.24 bits per heavy atom. The number of ether oxygens (including phenoxy) is 3. The summed E-state index contributed by atoms with van der Waals surface area (Å²) in [6, 6.07) is 8.73. The van der Waals surface area contributed by atoms with Gasteiger partial charge in [-0.15, -0.1) is 0 Å². The summed E-state index contributed by atoms with van der Waals surface area (Å²) in [6.07, 6.45) is 2.80. The van der Waals surface area contributed by atoms with Crippen molar-refractivity contribution in [3.63, 3.8) is 0 Å². The molecule has 3 nitrogen and oxygen atoms in total. The van der Waals surface area contributed by atoms with Crippen LogP contribution in [0.1, 0.15) is 31.9 Å². The highest BCUT2D eigenvalue weighted by atomic mass is 31.1. The van der Waals surface area contributed by atoms with Gasteiger partial charge >= 0.3 is 0 Å². The molecule has 0 unspecified atom stereocenters. The van der Waals surface area contributed by atoms with Crippen molar-refractivity contribution in [3.05, 3.63) is 35.4 Å². The zero-order chi connectivity index (χ0) is 17.2. The topological polar surface area (TPSA) is 27.7 Å². The molecule has 3 aliphatic rings. The van der Waals surface area contributed by atoms with E-state index in [4.69, 9.17) is 14.2 Å². The first-order chi connectivity index (χ1) is 12.0. The molecule has 0 amide bonds. The monoisotopic (exact) mass is 354 g/mol. The second kappa shape index (κ2) is 5.38. The molecule has 25 heavy (non-hydrogen) atoms. The minimum Gasteiger partial charge on any atom is -0.492 e. The lowest BCUT2D eigenvalue weighted by atomic mass is 9.96. The maximum Gasteiger partial charge on any atom is 0.134 e. The zero-order valence-electron chi connectivity index (χ0n) is 15.0. The molecular weight excluding hydrogens is 331 g/mol. The standard InChI is InChI=1S/C21H23O3P/c1-21(2,3)25-12-24-16-6-4-5-15(20(16)25)17-18-13(7-9-22-18)11-14-8-10-23-19(14)17/h4-6,11H,7-10,12H2,1-3H3/t25-/m0/s1. The summed E-state index contributed by atoms with van der Waals surface area (Å²) in [4.78, 5) is 0. The molecule has 1 atom stereocenters. The fraction of sp³-hybridized carbons (Fsp3) is 0.429. The Labute approximate surface area is 150 Å². The second-order valence-electron chi connectivity index (χ2n) is 7.95. The number of hydrogen-bond donors (Lipinski definition) is 0. The molecular formula is C21H23O3P. The van der Waals surface area contributed by atoms with Crippen LogP contribution in [0.3, 0.4) is 0 Å². The van der Waals surface area contributed by atoms with E-state index < -0.39 is 7.92 Å². The van der Waals surface area contributed by atoms with Crippen molar-refractivity contribution in [1.82, 2.24) is 0 Å². The first-order valence-electron chi connectivity index (χ1n) is 9.02. The highest BCUT2D eigenvalue weighted by Crippen LogP contribution is 2.58. The van der Waals surface area contributed by atoms with E-state index in [1.54, 1.807) is 0 Å². The minimum atomic E-state index is -0.393. The average molecular weight is 354 g/mol. The third kappa shape index (κ3) is 2.29. The fourth-order valence-corrected chi connectivity index (χ4v) is 6.42. The highest BCUT2D eigenvalue weighted by molar-refractivity contribution is 7.67. The average Bonchev–Trinajstić information content (AvgIpc) is 3.29. The molecule has 2 aromatic rings. The van der Waals surface area contributed by atoms with Gasteiger partial charge in [0, 0.05) is 23.7 Å². The second-order valence-corrected chi connectivity index (χ2v) is 10.9. The van der Waals surface area contributed by atoms with Gasteiger partial charge in [0.2, 0.25) is 0 Å². The van der Waals surface area contributed by atoms with E-state index in [0.29, 0.717) is 0 Å². The van der Waals surface area contributed by atoms with Crippen LogP contribution in [0, 0.1) is 0 Å². The predicted octanol–water partition coefficient (Wildman–Crippen LogP) is 4.48. The molecule has 0 N–H and O–H groups in total. The normalized spacial score (nSPS) is 20.4. The van der Waals surface area contributed by atoms with Gasteiger partial charge in [0.05, 0.1) is 18.8 Å². The predicted molar refractivity (Wildman–Crippen MR) is 102 cm³/mol. The summed E-state index contributed by atoms with van der Waals surface area (Å²) in [5, 5.41) is 1.59. The Morgan fingerprint density at radius 2 is 1.60 bits per heavy atom. The van der Waals surface area contributed by atoms with Gasteiger partial charge in [-0.05, 0) is 36.3 Å². The molecule has 2 aromatic carbocycles. The highest BCUT2D eigenvalue weighted by Gasteiger charge is 2.38. The summed E-state index contributed by atoms with van der Waals surface area (Å²) >= 11 is 0. The van der Waals surface area contributed by atoms with E-state index in [1.165, 1.54) is 27.6 Å². The van der Waals surface area contributed by atoms with Gasteiger partial charge in [-0.3, -0.25) is 0 Å². The molecule has 3 heterocycles. The van der Waals surface area contributed by atoms with E-state index in [-0.39, 0.29) is 5.16 Å². The number of fused-ring (bicyclic) bond motifs is 3. The smallest absolute Gasteiger partial charge is 0.134 e. The van der Waals surface area contributed by atoms with Crippen LogP contribution < -0.4 is 19.5 Å². The molecule has 4 heteroatoms. The lowest BCUT2D eigenvalue weighted by Gasteiger charge is -2.28. The van der Waals surface area contributed by atoms with Crippen LogP contribution in [0.15, 0.2) is 24.3 Å². The summed E-state index contributed by atoms with van der Waals surface area (Å²) in [5.41, 5.74) is 5.08. The van der Waals surface area contributed by atoms with Crippen molar-refractivity contribution in [2.45, 2.75) is 38.8 Å². The number of benzene rings is 2. The molecule has 0 radical (unpaired) electrons. The van der Waals surface area contributed by atoms with Gasteiger partial charge in [0.15, 0.2) is 0 Å². The fourth-order valence-electron chi connectivity index (χ4n) is 4.08. The first-order valence-corrected chi connectivity index (χ1v) is 10.5. The van der Waals surface area contributed by atoms with Crippen LogP contribution in [0.4, 0.5) is 0 Å². The molecule has 0 fully saturated rings. The van der Waals surface area contributed by atoms with Crippen LogP contribution in [-0.2, 0) is 12.8 Å². The Hall–Kier alpha value is -1.73. The summed E-state index contributed by atoms with van der Waals surface area (Å²) in [6.45, 7) is 8.50. The van der Waals surface area contributed by atoms with Crippen molar-refractivity contribution in [2.75, 3.05) is 19.6 Å². The van der Waals surface area contributed by atoms with Gasteiger partial charge in [-0.25, -0.2) is 0 Å². The summed E-state index contributed by atoms with van der Waals surface area (Å²) in [7, 11) is -0.393. The molecule has 0 saturated heterocycles. The Kier molecular flexibility index (Phi) is 3.34. The molecule has 0 saturated carbocycles. The molecule has 3 aliphatic heterocycles. The third-order valence-electron chi connectivity index (χ3n) is 5.32. The van der Waals surface area contributed by atoms with Gasteiger partial charge in [-0.2, -0.15) is 0 Å². The van der Waals surface area contributed by atoms with Gasteiger partial charge < -0.3 is 14.2 Å². The van der Waals surface area contributed by atoms with E-state index in [1.807, 2.05) is 0 Å². The van der Waals surface area contributed by atoms with Crippen LogP contribution in [0.5, 0.6) is 17.2 Å². The summed E-state index contributed by atoms with van der Waals surface area (Å²) in [5.74, 6) is 3.11. The molecule has 5 rings (SSSR count). The molecule has 0 aliphatic carbocycles. The SMILES string of the molecule is CC(C)(C)[P@@]1COc2cccc(-c3c4c(cc5c3OCC5)CCO4)c21. The van der Waals surface area contributed by atoms with Crippen molar-refractivity contribution in [2.24, 2.45) is 0 Å². The molecule has 0 bridgehead atoms. The van der Waals surface area contributed by atoms with Crippen LogP contribution in [0.2, 0.25) is 0 Å². The van der Waals surface area contributed by atoms with Crippen LogP contribution >= 0.6 is 7.92 Å². The Bertz CT molecular complexity index is 834. The minimum absolute atomic E-state index is 0.208. The van der Waals surface area contributed by atoms with Gasteiger partial charge in [0.1, 0.15) is 23.6 Å². The van der Waals surface area contributed by atoms with Gasteiger partial charge in [-0.1, -0.05) is 32.9 Å². The largest absolute Gasteiger partial charge is 0.492 e. The molecule has 0 spiro atoms. The number of rotatable bonds is 1. The van der Waals surface area contributed by atoms with E-state index in [9.17, 15) is 0 Å². The van der Waals surface area contributed by atoms with E-state index in [0.717, 1.165) is 49.7 Å². The number of hydrogen-bond acceptors (Lipinski definition) is 3. The van der Waals surface area contributed by atoms with Crippen LogP contribution in [-0.4, -0.2) is 24.7 Å². The van der Waals surface area contributed by atoms with Crippen molar-refractivity contribution in [1.29, 1.82) is 0 Å². The van der Waals surface area contributed by atoms with Crippen molar-refractivity contribution >= 4 is 13.2 Å². The van der Waals surface area contributed by atoms with Crippen molar-refractivity contribution in [3.8, 4) is 28.4 Å². The molecule has 130 valence electrons. The van der Waals surface area contributed by atoms with Crippen molar-refractivity contribution < 1.29 is 14.2 Å². The quantitative estimate of drug-likeness (QED) is 0.707. The van der Waals surface area contributed by atoms with Crippen LogP contribution in [0.25, 0.3) is 11.1 Å². The van der Waals surface area contributed by atoms with E-state index in [2.05, 4.69) is 45.0 Å². The maximum absolute atomic E-state index is 6.09. The lowest BCUT2D eigenvalue weighted by molar-refractivity contribution is 0.345. The van der Waals surface area contributed by atoms with E-state index >= 15 is 0 Å². The molecule has 0 aromatic heterocycles.